The minimum atomic E-state index is -0.824. The predicted molar refractivity (Wildman–Crippen MR) is 237 cm³/mol. The molecule has 0 aromatic heterocycles. The molecular weight excluding hydrogens is 846 g/mol. The summed E-state index contributed by atoms with van der Waals surface area (Å²) in [6.45, 7) is 4.70. The minimum Gasteiger partial charge on any atom is -1.00 e. The maximum Gasteiger partial charge on any atom is 0.139 e. The van der Waals surface area contributed by atoms with Crippen LogP contribution in [0, 0.1) is 6.07 Å². The Morgan fingerprint density at radius 2 is 0.842 bits per heavy atom. The third-order valence-electron chi connectivity index (χ3n) is 10.0. The van der Waals surface area contributed by atoms with Crippen LogP contribution in [0.1, 0.15) is 25.0 Å². The average Bonchev–Trinajstić information content (AvgIpc) is 3.24. The molecule has 0 bridgehead atoms. The molecule has 1 N–H and O–H groups in total. The van der Waals surface area contributed by atoms with Gasteiger partial charge in [-0.2, -0.15) is 5.69 Å². The number of fused-ring (bicyclic) bond motifs is 2. The SMILES string of the molecule is CC1(C)c2cccc(P(c3ccccc3)c3ccccc3)c2Oc2c(P(c3ccccc3)c3ccccc3)cccc21.[Cl-].[NH-]c1ccccc1-c1[c-]cccc1.[Pd]. The van der Waals surface area contributed by atoms with Gasteiger partial charge in [-0.15, -0.1) is 41.5 Å². The maximum atomic E-state index is 7.69. The van der Waals surface area contributed by atoms with Gasteiger partial charge in [0.25, 0.3) is 0 Å². The van der Waals surface area contributed by atoms with Crippen molar-refractivity contribution >= 4 is 53.4 Å². The zero-order valence-corrected chi connectivity index (χ0v) is 35.7. The number of ether oxygens (including phenoxy) is 1. The van der Waals surface area contributed by atoms with Crippen LogP contribution in [0.4, 0.5) is 5.69 Å². The van der Waals surface area contributed by atoms with Crippen LogP contribution < -0.4 is 49.0 Å². The number of hydrogen-bond acceptors (Lipinski definition) is 1. The van der Waals surface area contributed by atoms with Crippen molar-refractivity contribution in [2.24, 2.45) is 0 Å². The fourth-order valence-corrected chi connectivity index (χ4v) is 12.1. The fraction of sp³-hybridized carbons (Fsp3) is 0.0588. The van der Waals surface area contributed by atoms with Crippen LogP contribution in [-0.2, 0) is 25.8 Å². The molecule has 1 heterocycles. The monoisotopic (exact) mass is 886 g/mol. The van der Waals surface area contributed by atoms with Crippen molar-refractivity contribution < 1.29 is 37.6 Å². The zero-order valence-electron chi connectivity index (χ0n) is 31.6. The van der Waals surface area contributed by atoms with E-state index in [-0.39, 0.29) is 38.2 Å². The normalized spacial score (nSPS) is 12.1. The van der Waals surface area contributed by atoms with Gasteiger partial charge in [0.15, 0.2) is 0 Å². The van der Waals surface area contributed by atoms with Crippen molar-refractivity contribution in [3.8, 4) is 22.6 Å². The molecule has 8 aromatic rings. The van der Waals surface area contributed by atoms with Gasteiger partial charge in [0.2, 0.25) is 0 Å². The molecule has 57 heavy (non-hydrogen) atoms. The topological polar surface area (TPSA) is 33.0 Å². The van der Waals surface area contributed by atoms with Crippen LogP contribution >= 0.6 is 15.8 Å². The van der Waals surface area contributed by atoms with Crippen LogP contribution in [0.25, 0.3) is 16.9 Å². The maximum absolute atomic E-state index is 7.69. The summed E-state index contributed by atoms with van der Waals surface area (Å²) in [5, 5.41) is 7.81. The van der Waals surface area contributed by atoms with Gasteiger partial charge >= 0.3 is 0 Å². The molecular formula is C51H41ClNOP2Pd-3. The number of hydrogen-bond donors (Lipinski definition) is 0. The first-order valence-electron chi connectivity index (χ1n) is 18.5. The molecule has 0 amide bonds. The van der Waals surface area contributed by atoms with Crippen molar-refractivity contribution in [3.05, 3.63) is 229 Å². The Hall–Kier alpha value is -4.83. The Balaban J connectivity index is 0.000000312. The van der Waals surface area contributed by atoms with Crippen LogP contribution in [0.2, 0.25) is 0 Å². The van der Waals surface area contributed by atoms with Gasteiger partial charge in [0, 0.05) is 47.6 Å². The third-order valence-corrected chi connectivity index (χ3v) is 14.9. The standard InChI is InChI=1S/C39H32OP2.C12H9N.ClH.Pd/c1-39(2)33-25-15-27-35(41(29-17-7-3-8-18-29)30-19-9-4-10-20-30)37(33)40-38-34(39)26-16-28-36(38)42(31-21-11-5-12-22-31)32-23-13-6-14-24-32;13-12-9-5-4-8-11(12)10-6-2-1-3-7-10;;/h3-28H,1-2H3;1-6,8-9,13H;1H;/q;-2;;/p-1. The van der Waals surface area contributed by atoms with Crippen molar-refractivity contribution in [2.45, 2.75) is 19.3 Å². The molecule has 2 nitrogen and oxygen atoms in total. The summed E-state index contributed by atoms with van der Waals surface area (Å²) < 4.78 is 7.26. The zero-order chi connectivity index (χ0) is 37.6. The summed E-state index contributed by atoms with van der Waals surface area (Å²) in [5.41, 5.74) is 12.4. The second-order valence-corrected chi connectivity index (χ2v) is 18.2. The molecule has 0 fully saturated rings. The van der Waals surface area contributed by atoms with Crippen LogP contribution in [0.5, 0.6) is 11.5 Å². The van der Waals surface area contributed by atoms with Gasteiger partial charge in [-0.25, -0.2) is 0 Å². The van der Waals surface area contributed by atoms with E-state index in [9.17, 15) is 0 Å². The largest absolute Gasteiger partial charge is 1.00 e. The van der Waals surface area contributed by atoms with Crippen LogP contribution in [-0.4, -0.2) is 0 Å². The summed E-state index contributed by atoms with van der Waals surface area (Å²) in [4.78, 5) is 0. The van der Waals surface area contributed by atoms with Crippen molar-refractivity contribution in [1.29, 1.82) is 0 Å². The number of rotatable bonds is 7. The molecule has 1 aliphatic heterocycles. The fourth-order valence-electron chi connectivity index (χ4n) is 7.29. The molecule has 1 aliphatic rings. The molecule has 0 radical (unpaired) electrons. The Kier molecular flexibility index (Phi) is 14.0. The van der Waals surface area contributed by atoms with Crippen molar-refractivity contribution in [1.82, 2.24) is 0 Å². The molecule has 9 rings (SSSR count). The number of nitrogens with one attached hydrogen (secondary N) is 1. The molecule has 0 spiro atoms. The summed E-state index contributed by atoms with van der Waals surface area (Å²) in [6.07, 6.45) is 0. The van der Waals surface area contributed by atoms with E-state index in [1.807, 2.05) is 42.5 Å². The first kappa shape index (κ1) is 41.8. The molecule has 6 heteroatoms. The number of halogens is 1. The van der Waals surface area contributed by atoms with E-state index >= 15 is 0 Å². The van der Waals surface area contributed by atoms with Gasteiger partial charge < -0.3 is 22.9 Å². The average molecular weight is 888 g/mol. The molecule has 8 aromatic carbocycles. The number of para-hydroxylation sites is 2. The first-order valence-corrected chi connectivity index (χ1v) is 21.2. The van der Waals surface area contributed by atoms with E-state index in [1.165, 1.54) is 43.0 Å². The predicted octanol–water partition coefficient (Wildman–Crippen LogP) is 8.47. The van der Waals surface area contributed by atoms with Gasteiger partial charge in [0.05, 0.1) is 0 Å². The molecule has 0 saturated carbocycles. The van der Waals surface area contributed by atoms with E-state index < -0.39 is 15.8 Å². The van der Waals surface area contributed by atoms with E-state index in [2.05, 4.69) is 178 Å². The van der Waals surface area contributed by atoms with E-state index in [1.54, 1.807) is 6.07 Å². The Bertz CT molecular complexity index is 2290. The summed E-state index contributed by atoms with van der Waals surface area (Å²) in [6, 6.07) is 75.5. The van der Waals surface area contributed by atoms with Gasteiger partial charge in [0.1, 0.15) is 11.5 Å². The Morgan fingerprint density at radius 1 is 0.456 bits per heavy atom. The van der Waals surface area contributed by atoms with Crippen LogP contribution in [0.3, 0.4) is 0 Å². The minimum absolute atomic E-state index is 0. The second kappa shape index (κ2) is 19.1. The van der Waals surface area contributed by atoms with Crippen LogP contribution in [0.15, 0.2) is 206 Å². The van der Waals surface area contributed by atoms with E-state index in [0.717, 1.165) is 22.6 Å². The smallest absolute Gasteiger partial charge is 0.139 e. The molecule has 0 unspecified atom stereocenters. The van der Waals surface area contributed by atoms with Crippen molar-refractivity contribution in [3.63, 3.8) is 0 Å². The van der Waals surface area contributed by atoms with Gasteiger partial charge in [-0.1, -0.05) is 196 Å². The Labute approximate surface area is 359 Å². The number of benzene rings is 8. The molecule has 0 saturated heterocycles. The van der Waals surface area contributed by atoms with Gasteiger partial charge in [-0.05, 0) is 37.1 Å². The van der Waals surface area contributed by atoms with Gasteiger partial charge in [-0.3, -0.25) is 0 Å². The van der Waals surface area contributed by atoms with E-state index in [0.29, 0.717) is 5.69 Å². The first-order chi connectivity index (χ1) is 27.0. The molecule has 0 aliphatic carbocycles. The third kappa shape index (κ3) is 8.86. The molecule has 286 valence electrons. The summed E-state index contributed by atoms with van der Waals surface area (Å²) >= 11 is 0. The quantitative estimate of drug-likeness (QED) is 0.0899. The molecule has 0 atom stereocenters. The second-order valence-electron chi connectivity index (χ2n) is 13.9. The summed E-state index contributed by atoms with van der Waals surface area (Å²) in [5.74, 6) is 2.02. The Morgan fingerprint density at radius 3 is 1.23 bits per heavy atom. The van der Waals surface area contributed by atoms with E-state index in [4.69, 9.17) is 10.5 Å². The van der Waals surface area contributed by atoms with Crippen molar-refractivity contribution in [2.75, 3.05) is 0 Å². The summed E-state index contributed by atoms with van der Waals surface area (Å²) in [7, 11) is -1.65.